The number of carbonyl (C=O) groups excluding carboxylic acids is 1. The van der Waals surface area contributed by atoms with Crippen molar-refractivity contribution in [3.8, 4) is 17.0 Å². The number of aromatic nitrogens is 2. The minimum atomic E-state index is -0.441. The van der Waals surface area contributed by atoms with Crippen molar-refractivity contribution < 1.29 is 14.3 Å². The van der Waals surface area contributed by atoms with Crippen molar-refractivity contribution in [1.29, 1.82) is 0 Å². The van der Waals surface area contributed by atoms with Crippen molar-refractivity contribution in [1.82, 2.24) is 15.5 Å². The molecule has 0 atom stereocenters. The Kier molecular flexibility index (Phi) is 4.92. The van der Waals surface area contributed by atoms with Crippen LogP contribution in [0, 0.1) is 5.82 Å². The van der Waals surface area contributed by atoms with E-state index in [2.05, 4.69) is 15.5 Å². The van der Waals surface area contributed by atoms with Crippen LogP contribution in [-0.2, 0) is 6.54 Å². The molecule has 0 spiro atoms. The second-order valence-electron chi connectivity index (χ2n) is 5.25. The number of hydrogen-bond donors (Lipinski definition) is 3. The Morgan fingerprint density at radius 3 is 2.84 bits per heavy atom. The summed E-state index contributed by atoms with van der Waals surface area (Å²) in [4.78, 5) is 12.4. The number of halogens is 3. The van der Waals surface area contributed by atoms with Crippen molar-refractivity contribution in [2.45, 2.75) is 6.54 Å². The zero-order valence-corrected chi connectivity index (χ0v) is 14.2. The minimum absolute atomic E-state index is 0.0126. The number of rotatable bonds is 4. The average Bonchev–Trinajstić information content (AvgIpc) is 3.06. The van der Waals surface area contributed by atoms with Crippen molar-refractivity contribution in [2.24, 2.45) is 0 Å². The molecule has 0 aliphatic carbocycles. The first kappa shape index (κ1) is 17.3. The summed E-state index contributed by atoms with van der Waals surface area (Å²) < 4.78 is 13.4. The number of nitrogens with zero attached hydrogens (tertiary/aromatic N) is 1. The van der Waals surface area contributed by atoms with Gasteiger partial charge >= 0.3 is 0 Å². The van der Waals surface area contributed by atoms with Gasteiger partial charge in [-0.2, -0.15) is 5.10 Å². The Balaban J connectivity index is 1.81. The molecule has 25 heavy (non-hydrogen) atoms. The van der Waals surface area contributed by atoms with Gasteiger partial charge in [0.05, 0.1) is 22.5 Å². The number of H-pyrrole nitrogens is 1. The summed E-state index contributed by atoms with van der Waals surface area (Å²) in [5.41, 5.74) is 1.52. The number of carbonyl (C=O) groups is 1. The summed E-state index contributed by atoms with van der Waals surface area (Å²) in [6.45, 7) is 0.0126. The number of amides is 1. The number of benzene rings is 2. The number of nitrogens with one attached hydrogen (secondary N) is 2. The van der Waals surface area contributed by atoms with Crippen LogP contribution in [0.5, 0.6) is 5.75 Å². The van der Waals surface area contributed by atoms with Crippen LogP contribution in [0.1, 0.15) is 15.9 Å². The third-order valence-electron chi connectivity index (χ3n) is 3.54. The molecule has 1 heterocycles. The average molecular weight is 380 g/mol. The molecule has 0 bridgehead atoms. The fraction of sp³-hybridized carbons (Fsp3) is 0.0588. The highest BCUT2D eigenvalue weighted by Gasteiger charge is 2.16. The van der Waals surface area contributed by atoms with Crippen LogP contribution >= 0.6 is 23.2 Å². The summed E-state index contributed by atoms with van der Waals surface area (Å²) in [7, 11) is 0. The van der Waals surface area contributed by atoms with Gasteiger partial charge in [0.2, 0.25) is 0 Å². The zero-order valence-electron chi connectivity index (χ0n) is 12.7. The second kappa shape index (κ2) is 7.13. The van der Waals surface area contributed by atoms with Gasteiger partial charge < -0.3 is 10.4 Å². The van der Waals surface area contributed by atoms with E-state index in [9.17, 15) is 14.3 Å². The van der Waals surface area contributed by atoms with E-state index in [0.717, 1.165) is 0 Å². The topological polar surface area (TPSA) is 78.0 Å². The van der Waals surface area contributed by atoms with E-state index in [1.54, 1.807) is 12.1 Å². The smallest absolute Gasteiger partial charge is 0.255 e. The largest absolute Gasteiger partial charge is 0.506 e. The van der Waals surface area contributed by atoms with E-state index >= 15 is 0 Å². The van der Waals surface area contributed by atoms with Crippen LogP contribution in [0.25, 0.3) is 11.3 Å². The fourth-order valence-corrected chi connectivity index (χ4v) is 2.88. The standard InChI is InChI=1S/C17H12Cl2FN3O2/c18-11-4-10(16(24)14(19)6-11)7-21-17(25)13-8-22-23-15(13)9-2-1-3-12(20)5-9/h1-6,8,24H,7H2,(H,21,25)(H,22,23). The van der Waals surface area contributed by atoms with Gasteiger partial charge in [-0.25, -0.2) is 4.39 Å². The van der Waals surface area contributed by atoms with Crippen molar-refractivity contribution in [3.63, 3.8) is 0 Å². The summed E-state index contributed by atoms with van der Waals surface area (Å²) >= 11 is 11.8. The first-order chi connectivity index (χ1) is 12.0. The summed E-state index contributed by atoms with van der Waals surface area (Å²) in [6, 6.07) is 8.72. The molecule has 0 saturated carbocycles. The molecule has 128 valence electrons. The van der Waals surface area contributed by atoms with Gasteiger partial charge in [-0.3, -0.25) is 9.89 Å². The fourth-order valence-electron chi connectivity index (χ4n) is 2.35. The van der Waals surface area contributed by atoms with Crippen LogP contribution in [0.3, 0.4) is 0 Å². The van der Waals surface area contributed by atoms with Crippen molar-refractivity contribution in [3.05, 3.63) is 69.6 Å². The van der Waals surface area contributed by atoms with Crippen LogP contribution in [-0.4, -0.2) is 21.2 Å². The lowest BCUT2D eigenvalue weighted by Gasteiger charge is -2.09. The quantitative estimate of drug-likeness (QED) is 0.636. The third kappa shape index (κ3) is 3.75. The highest BCUT2D eigenvalue weighted by molar-refractivity contribution is 6.35. The van der Waals surface area contributed by atoms with Gasteiger partial charge in [0.25, 0.3) is 5.91 Å². The molecule has 1 amide bonds. The number of hydrogen-bond acceptors (Lipinski definition) is 3. The number of phenols is 1. The Labute approximate surface area is 152 Å². The highest BCUT2D eigenvalue weighted by Crippen LogP contribution is 2.31. The summed E-state index contributed by atoms with van der Waals surface area (Å²) in [6.07, 6.45) is 1.35. The minimum Gasteiger partial charge on any atom is -0.506 e. The lowest BCUT2D eigenvalue weighted by molar-refractivity contribution is 0.0951. The van der Waals surface area contributed by atoms with E-state index in [1.807, 2.05) is 0 Å². The molecular formula is C17H12Cl2FN3O2. The summed E-state index contributed by atoms with van der Waals surface area (Å²) in [5.74, 6) is -1.01. The molecule has 8 heteroatoms. The number of aromatic amines is 1. The van der Waals surface area contributed by atoms with E-state index in [-0.39, 0.29) is 22.9 Å². The van der Waals surface area contributed by atoms with E-state index < -0.39 is 11.7 Å². The highest BCUT2D eigenvalue weighted by atomic mass is 35.5. The molecule has 0 unspecified atom stereocenters. The van der Waals surface area contributed by atoms with Gasteiger partial charge in [-0.15, -0.1) is 0 Å². The molecule has 3 N–H and O–H groups in total. The molecule has 0 saturated heterocycles. The van der Waals surface area contributed by atoms with Crippen LogP contribution in [0.15, 0.2) is 42.6 Å². The molecule has 5 nitrogen and oxygen atoms in total. The van der Waals surface area contributed by atoms with Gasteiger partial charge in [-0.05, 0) is 24.3 Å². The maximum absolute atomic E-state index is 13.4. The lowest BCUT2D eigenvalue weighted by Crippen LogP contribution is -2.23. The second-order valence-corrected chi connectivity index (χ2v) is 6.09. The maximum atomic E-state index is 13.4. The first-order valence-electron chi connectivity index (χ1n) is 7.20. The summed E-state index contributed by atoms with van der Waals surface area (Å²) in [5, 5.41) is 19.6. The maximum Gasteiger partial charge on any atom is 0.255 e. The normalized spacial score (nSPS) is 10.7. The van der Waals surface area contributed by atoms with E-state index in [4.69, 9.17) is 23.2 Å². The third-order valence-corrected chi connectivity index (χ3v) is 4.05. The van der Waals surface area contributed by atoms with Crippen molar-refractivity contribution in [2.75, 3.05) is 0 Å². The molecule has 0 aliphatic heterocycles. The Morgan fingerprint density at radius 2 is 2.08 bits per heavy atom. The van der Waals surface area contributed by atoms with E-state index in [0.29, 0.717) is 21.8 Å². The number of aromatic hydroxyl groups is 1. The molecule has 3 rings (SSSR count). The Morgan fingerprint density at radius 1 is 1.28 bits per heavy atom. The van der Waals surface area contributed by atoms with Gasteiger partial charge in [0.15, 0.2) is 0 Å². The van der Waals surface area contributed by atoms with Gasteiger partial charge in [0, 0.05) is 22.7 Å². The monoisotopic (exact) mass is 379 g/mol. The van der Waals surface area contributed by atoms with E-state index in [1.165, 1.54) is 30.5 Å². The predicted molar refractivity (Wildman–Crippen MR) is 93.3 cm³/mol. The predicted octanol–water partition coefficient (Wildman–Crippen LogP) is 4.16. The van der Waals surface area contributed by atoms with Crippen LogP contribution in [0.4, 0.5) is 4.39 Å². The van der Waals surface area contributed by atoms with Gasteiger partial charge in [-0.1, -0.05) is 35.3 Å². The SMILES string of the molecule is O=C(NCc1cc(Cl)cc(Cl)c1O)c1cn[nH]c1-c1cccc(F)c1. The zero-order chi connectivity index (χ0) is 18.0. The van der Waals surface area contributed by atoms with Crippen LogP contribution in [0.2, 0.25) is 10.0 Å². The molecule has 0 aliphatic rings. The Hall–Kier alpha value is -2.57. The van der Waals surface area contributed by atoms with Crippen molar-refractivity contribution >= 4 is 29.1 Å². The molecule has 3 aromatic rings. The van der Waals surface area contributed by atoms with Crippen LogP contribution < -0.4 is 5.32 Å². The Bertz CT molecular complexity index is 943. The molecule has 0 fully saturated rings. The molecule has 2 aromatic carbocycles. The number of phenolic OH excluding ortho intramolecular Hbond substituents is 1. The molecular weight excluding hydrogens is 368 g/mol. The van der Waals surface area contributed by atoms with Gasteiger partial charge in [0.1, 0.15) is 11.6 Å². The molecule has 0 radical (unpaired) electrons. The molecule has 1 aromatic heterocycles. The lowest BCUT2D eigenvalue weighted by atomic mass is 10.1. The first-order valence-corrected chi connectivity index (χ1v) is 7.95.